The lowest BCUT2D eigenvalue weighted by atomic mass is 9.75. The van der Waals surface area contributed by atoms with E-state index in [1.807, 2.05) is 28.4 Å². The highest BCUT2D eigenvalue weighted by Gasteiger charge is 2.59. The molecule has 0 unspecified atom stereocenters. The first kappa shape index (κ1) is 21.6. The van der Waals surface area contributed by atoms with Gasteiger partial charge in [0.15, 0.2) is 0 Å². The largest absolute Gasteiger partial charge is 0.341 e. The molecule has 32 heavy (non-hydrogen) atoms. The van der Waals surface area contributed by atoms with E-state index in [-0.39, 0.29) is 23.7 Å². The van der Waals surface area contributed by atoms with Gasteiger partial charge in [0.25, 0.3) is 0 Å². The van der Waals surface area contributed by atoms with Crippen molar-refractivity contribution in [2.45, 2.75) is 65.5 Å². The molecule has 1 spiro atoms. The lowest BCUT2D eigenvalue weighted by molar-refractivity contribution is -0.140. The van der Waals surface area contributed by atoms with Gasteiger partial charge in [-0.2, -0.15) is 0 Å². The highest BCUT2D eigenvalue weighted by molar-refractivity contribution is 7.09. The van der Waals surface area contributed by atoms with Crippen LogP contribution in [0.5, 0.6) is 0 Å². The van der Waals surface area contributed by atoms with E-state index in [0.717, 1.165) is 35.7 Å². The standard InChI is InChI=1S/C24H33N5O2S/c1-15(2)29-11-21(25-14-29)20-10-28(22(30)18-7-16(3)8-18)13-24(20)5-6-27(23(24)31)9-19-12-32-17(4)26-19/h11-12,14-16,18,20H,5-10,13H2,1-4H3/t16?,18?,20-,24+/m0/s1. The second kappa shape index (κ2) is 7.97. The van der Waals surface area contributed by atoms with E-state index in [2.05, 4.69) is 36.5 Å². The van der Waals surface area contributed by atoms with Gasteiger partial charge in [-0.25, -0.2) is 9.97 Å². The van der Waals surface area contributed by atoms with Gasteiger partial charge in [-0.05, 0) is 46.0 Å². The van der Waals surface area contributed by atoms with Crippen molar-refractivity contribution in [3.8, 4) is 0 Å². The van der Waals surface area contributed by atoms with E-state index in [0.29, 0.717) is 38.1 Å². The van der Waals surface area contributed by atoms with Gasteiger partial charge in [-0.1, -0.05) is 6.92 Å². The van der Waals surface area contributed by atoms with Crippen molar-refractivity contribution >= 4 is 23.2 Å². The van der Waals surface area contributed by atoms with Crippen molar-refractivity contribution in [1.82, 2.24) is 24.3 Å². The molecule has 1 aliphatic carbocycles. The number of likely N-dealkylation sites (tertiary alicyclic amines) is 2. The van der Waals surface area contributed by atoms with Gasteiger partial charge < -0.3 is 14.4 Å². The van der Waals surface area contributed by atoms with Crippen LogP contribution in [-0.4, -0.2) is 55.8 Å². The SMILES string of the molecule is Cc1nc(CN2CC[C@]3(CN(C(=O)C4CC(C)C4)C[C@H]3c3cn(C(C)C)cn3)C2=O)cs1. The molecule has 2 aromatic heterocycles. The molecule has 7 nitrogen and oxygen atoms in total. The van der Waals surface area contributed by atoms with Crippen LogP contribution in [0.1, 0.15) is 68.4 Å². The molecule has 2 aromatic rings. The van der Waals surface area contributed by atoms with Crippen molar-refractivity contribution in [2.75, 3.05) is 19.6 Å². The van der Waals surface area contributed by atoms with Gasteiger partial charge in [-0.3, -0.25) is 9.59 Å². The molecule has 8 heteroatoms. The predicted molar refractivity (Wildman–Crippen MR) is 123 cm³/mol. The Morgan fingerprint density at radius 3 is 2.75 bits per heavy atom. The molecule has 4 heterocycles. The fourth-order valence-corrected chi connectivity index (χ4v) is 6.39. The molecule has 0 aromatic carbocycles. The lowest BCUT2D eigenvalue weighted by Gasteiger charge is -2.34. The Bertz CT molecular complexity index is 1020. The maximum atomic E-state index is 13.9. The minimum atomic E-state index is -0.577. The monoisotopic (exact) mass is 455 g/mol. The average Bonchev–Trinajstić information content (AvgIpc) is 3.50. The number of carbonyl (C=O) groups is 2. The summed E-state index contributed by atoms with van der Waals surface area (Å²) >= 11 is 1.62. The minimum absolute atomic E-state index is 0.0568. The highest BCUT2D eigenvalue weighted by Crippen LogP contribution is 2.51. The first-order chi connectivity index (χ1) is 15.3. The molecule has 0 bridgehead atoms. The summed E-state index contributed by atoms with van der Waals surface area (Å²) < 4.78 is 2.09. The molecule has 5 rings (SSSR count). The number of carbonyl (C=O) groups excluding carboxylic acids is 2. The van der Waals surface area contributed by atoms with Crippen LogP contribution in [0.4, 0.5) is 0 Å². The Morgan fingerprint density at radius 1 is 1.34 bits per heavy atom. The van der Waals surface area contributed by atoms with Crippen LogP contribution >= 0.6 is 11.3 Å². The van der Waals surface area contributed by atoms with E-state index in [9.17, 15) is 9.59 Å². The van der Waals surface area contributed by atoms with E-state index in [4.69, 9.17) is 4.98 Å². The Balaban J connectivity index is 1.42. The summed E-state index contributed by atoms with van der Waals surface area (Å²) in [6.45, 7) is 10.8. The van der Waals surface area contributed by atoms with Crippen molar-refractivity contribution in [3.63, 3.8) is 0 Å². The van der Waals surface area contributed by atoms with Crippen LogP contribution in [0, 0.1) is 24.2 Å². The maximum absolute atomic E-state index is 13.9. The van der Waals surface area contributed by atoms with Crippen LogP contribution in [0.15, 0.2) is 17.9 Å². The number of rotatable bonds is 5. The zero-order chi connectivity index (χ0) is 22.6. The van der Waals surface area contributed by atoms with Crippen LogP contribution < -0.4 is 0 Å². The van der Waals surface area contributed by atoms with Gasteiger partial charge in [0.2, 0.25) is 11.8 Å². The first-order valence-electron chi connectivity index (χ1n) is 11.8. The number of aromatic nitrogens is 3. The molecule has 2 saturated heterocycles. The smallest absolute Gasteiger partial charge is 0.231 e. The van der Waals surface area contributed by atoms with Crippen molar-refractivity contribution in [1.29, 1.82) is 0 Å². The molecule has 0 radical (unpaired) electrons. The van der Waals surface area contributed by atoms with Gasteiger partial charge in [0.05, 0.1) is 34.7 Å². The topological polar surface area (TPSA) is 71.3 Å². The summed E-state index contributed by atoms with van der Waals surface area (Å²) in [4.78, 5) is 40.3. The lowest BCUT2D eigenvalue weighted by Crippen LogP contribution is -2.43. The van der Waals surface area contributed by atoms with Gasteiger partial charge in [0, 0.05) is 49.1 Å². The van der Waals surface area contributed by atoms with E-state index >= 15 is 0 Å². The molecule has 2 atom stereocenters. The average molecular weight is 456 g/mol. The van der Waals surface area contributed by atoms with E-state index < -0.39 is 5.41 Å². The number of amides is 2. The Hall–Kier alpha value is -2.22. The normalized spacial score (nSPS) is 30.0. The quantitative estimate of drug-likeness (QED) is 0.690. The van der Waals surface area contributed by atoms with Gasteiger partial charge in [-0.15, -0.1) is 11.3 Å². The van der Waals surface area contributed by atoms with Gasteiger partial charge in [0.1, 0.15) is 0 Å². The zero-order valence-electron chi connectivity index (χ0n) is 19.5. The van der Waals surface area contributed by atoms with E-state index in [1.54, 1.807) is 11.3 Å². The molecule has 2 amide bonds. The summed E-state index contributed by atoms with van der Waals surface area (Å²) in [5, 5.41) is 3.06. The van der Waals surface area contributed by atoms with Crippen LogP contribution in [0.2, 0.25) is 0 Å². The molecular formula is C24H33N5O2S. The van der Waals surface area contributed by atoms with Crippen molar-refractivity contribution in [2.24, 2.45) is 17.3 Å². The third-order valence-electron chi connectivity index (χ3n) is 7.71. The van der Waals surface area contributed by atoms with Crippen LogP contribution in [0.25, 0.3) is 0 Å². The molecule has 0 N–H and O–H groups in total. The molecule has 1 saturated carbocycles. The zero-order valence-corrected chi connectivity index (χ0v) is 20.3. The Kier molecular flexibility index (Phi) is 5.39. The highest BCUT2D eigenvalue weighted by atomic mass is 32.1. The summed E-state index contributed by atoms with van der Waals surface area (Å²) in [5.74, 6) is 1.08. The third kappa shape index (κ3) is 3.56. The predicted octanol–water partition coefficient (Wildman–Crippen LogP) is 3.62. The molecular weight excluding hydrogens is 422 g/mol. The number of nitrogens with zero attached hydrogens (tertiary/aromatic N) is 5. The van der Waals surface area contributed by atoms with Gasteiger partial charge >= 0.3 is 0 Å². The number of aryl methyl sites for hydroxylation is 1. The number of hydrogen-bond donors (Lipinski definition) is 0. The van der Waals surface area contributed by atoms with Crippen LogP contribution in [-0.2, 0) is 16.1 Å². The second-order valence-corrected chi connectivity index (χ2v) is 11.4. The van der Waals surface area contributed by atoms with Crippen LogP contribution in [0.3, 0.4) is 0 Å². The molecule has 2 aliphatic heterocycles. The summed E-state index contributed by atoms with van der Waals surface area (Å²) in [6, 6.07) is 0.312. The van der Waals surface area contributed by atoms with Crippen molar-refractivity contribution < 1.29 is 9.59 Å². The second-order valence-electron chi connectivity index (χ2n) is 10.4. The molecule has 172 valence electrons. The number of thiazole rings is 1. The summed E-state index contributed by atoms with van der Waals surface area (Å²) in [6.07, 6.45) is 6.65. The van der Waals surface area contributed by atoms with Crippen molar-refractivity contribution in [3.05, 3.63) is 34.3 Å². The molecule has 3 aliphatic rings. The fraction of sp³-hybridized carbons (Fsp3) is 0.667. The third-order valence-corrected chi connectivity index (χ3v) is 8.54. The maximum Gasteiger partial charge on any atom is 0.231 e. The summed E-state index contributed by atoms with van der Waals surface area (Å²) in [5.41, 5.74) is 1.32. The molecule has 3 fully saturated rings. The first-order valence-corrected chi connectivity index (χ1v) is 12.7. The Morgan fingerprint density at radius 2 is 2.12 bits per heavy atom. The fourth-order valence-electron chi connectivity index (χ4n) is 5.79. The number of hydrogen-bond acceptors (Lipinski definition) is 5. The van der Waals surface area contributed by atoms with E-state index in [1.165, 1.54) is 0 Å². The number of imidazole rings is 1. The summed E-state index contributed by atoms with van der Waals surface area (Å²) in [7, 11) is 0. The minimum Gasteiger partial charge on any atom is -0.341 e. The Labute approximate surface area is 193 Å².